The van der Waals surface area contributed by atoms with Gasteiger partial charge in [0.15, 0.2) is 0 Å². The molecule has 2 aromatic carbocycles. The Morgan fingerprint density at radius 3 is 2.37 bits per heavy atom. The van der Waals surface area contributed by atoms with Gasteiger partial charge in [-0.2, -0.15) is 0 Å². The molecule has 0 atom stereocenters. The van der Waals surface area contributed by atoms with E-state index in [2.05, 4.69) is 19.1 Å². The fourth-order valence-electron chi connectivity index (χ4n) is 1.98. The Labute approximate surface area is 112 Å². The van der Waals surface area contributed by atoms with E-state index in [0.717, 1.165) is 17.5 Å². The molecule has 0 saturated heterocycles. The molecule has 0 heterocycles. The summed E-state index contributed by atoms with van der Waals surface area (Å²) in [5.41, 5.74) is 3.41. The van der Waals surface area contributed by atoms with Crippen LogP contribution >= 0.6 is 0 Å². The summed E-state index contributed by atoms with van der Waals surface area (Å²) in [4.78, 5) is 10.9. The molecule has 0 fully saturated rings. The standard InChI is InChI=1S/C16H16O3/c1-3-11-4-6-12(7-5-11)14-9-8-13(16(17)18)10-15(14)19-2/h4-10H,3H2,1-2H3,(H,17,18). The van der Waals surface area contributed by atoms with Crippen molar-refractivity contribution in [2.24, 2.45) is 0 Å². The van der Waals surface area contributed by atoms with Gasteiger partial charge in [-0.25, -0.2) is 4.79 Å². The Bertz CT molecular complexity index is 585. The van der Waals surface area contributed by atoms with E-state index in [4.69, 9.17) is 9.84 Å². The van der Waals surface area contributed by atoms with Crippen molar-refractivity contribution in [2.45, 2.75) is 13.3 Å². The molecule has 0 unspecified atom stereocenters. The summed E-state index contributed by atoms with van der Waals surface area (Å²) < 4.78 is 5.28. The van der Waals surface area contributed by atoms with Gasteiger partial charge in [-0.1, -0.05) is 31.2 Å². The van der Waals surface area contributed by atoms with Crippen molar-refractivity contribution >= 4 is 5.97 Å². The maximum absolute atomic E-state index is 10.9. The second-order valence-electron chi connectivity index (χ2n) is 4.27. The summed E-state index contributed by atoms with van der Waals surface area (Å²) in [5.74, 6) is -0.379. The van der Waals surface area contributed by atoms with Gasteiger partial charge >= 0.3 is 5.97 Å². The minimum Gasteiger partial charge on any atom is -0.496 e. The monoisotopic (exact) mass is 256 g/mol. The zero-order chi connectivity index (χ0) is 13.8. The highest BCUT2D eigenvalue weighted by atomic mass is 16.5. The van der Waals surface area contributed by atoms with Crippen LogP contribution < -0.4 is 4.74 Å². The SMILES string of the molecule is CCc1ccc(-c2ccc(C(=O)O)cc2OC)cc1. The third-order valence-corrected chi connectivity index (χ3v) is 3.12. The zero-order valence-corrected chi connectivity index (χ0v) is 11.0. The predicted octanol–water partition coefficient (Wildman–Crippen LogP) is 3.62. The van der Waals surface area contributed by atoms with Gasteiger partial charge in [-0.3, -0.25) is 0 Å². The Balaban J connectivity index is 2.45. The van der Waals surface area contributed by atoms with Crippen LogP contribution in [0.5, 0.6) is 5.75 Å². The molecule has 0 amide bonds. The molecule has 2 rings (SSSR count). The zero-order valence-electron chi connectivity index (χ0n) is 11.0. The maximum atomic E-state index is 10.9. The highest BCUT2D eigenvalue weighted by Crippen LogP contribution is 2.31. The average molecular weight is 256 g/mol. The minimum absolute atomic E-state index is 0.228. The Morgan fingerprint density at radius 1 is 1.16 bits per heavy atom. The Morgan fingerprint density at radius 2 is 1.84 bits per heavy atom. The number of ether oxygens (including phenoxy) is 1. The number of methoxy groups -OCH3 is 1. The lowest BCUT2D eigenvalue weighted by Gasteiger charge is -2.10. The molecule has 3 heteroatoms. The first kappa shape index (κ1) is 13.1. The molecule has 0 aliphatic heterocycles. The van der Waals surface area contributed by atoms with Crippen LogP contribution in [-0.2, 0) is 6.42 Å². The highest BCUT2D eigenvalue weighted by molar-refractivity contribution is 5.89. The van der Waals surface area contributed by atoms with Gasteiger partial charge in [-0.15, -0.1) is 0 Å². The fraction of sp³-hybridized carbons (Fsp3) is 0.188. The van der Waals surface area contributed by atoms with Crippen LogP contribution in [0.2, 0.25) is 0 Å². The molecule has 0 spiro atoms. The molecule has 0 aromatic heterocycles. The molecule has 3 nitrogen and oxygen atoms in total. The van der Waals surface area contributed by atoms with E-state index in [9.17, 15) is 4.79 Å². The lowest BCUT2D eigenvalue weighted by molar-refractivity contribution is 0.0696. The topological polar surface area (TPSA) is 46.5 Å². The van der Waals surface area contributed by atoms with Crippen molar-refractivity contribution in [3.8, 4) is 16.9 Å². The van der Waals surface area contributed by atoms with E-state index in [1.807, 2.05) is 12.1 Å². The first-order chi connectivity index (χ1) is 9.15. The maximum Gasteiger partial charge on any atom is 0.335 e. The number of aromatic carboxylic acids is 1. The number of hydrogen-bond acceptors (Lipinski definition) is 2. The van der Waals surface area contributed by atoms with Crippen LogP contribution in [0.25, 0.3) is 11.1 Å². The van der Waals surface area contributed by atoms with Gasteiger partial charge in [0.05, 0.1) is 12.7 Å². The summed E-state index contributed by atoms with van der Waals surface area (Å²) >= 11 is 0. The summed E-state index contributed by atoms with van der Waals surface area (Å²) in [6.07, 6.45) is 0.995. The van der Waals surface area contributed by atoms with E-state index in [-0.39, 0.29) is 5.56 Å². The van der Waals surface area contributed by atoms with E-state index in [0.29, 0.717) is 5.75 Å². The Kier molecular flexibility index (Phi) is 3.85. The minimum atomic E-state index is -0.953. The second kappa shape index (κ2) is 5.57. The smallest absolute Gasteiger partial charge is 0.335 e. The summed E-state index contributed by atoms with van der Waals surface area (Å²) in [6.45, 7) is 2.11. The summed E-state index contributed by atoms with van der Waals surface area (Å²) in [6, 6.07) is 13.1. The molecule has 0 bridgehead atoms. The number of hydrogen-bond donors (Lipinski definition) is 1. The molecular weight excluding hydrogens is 240 g/mol. The molecule has 0 radical (unpaired) electrons. The summed E-state index contributed by atoms with van der Waals surface area (Å²) in [7, 11) is 1.55. The third kappa shape index (κ3) is 2.76. The normalized spacial score (nSPS) is 10.2. The highest BCUT2D eigenvalue weighted by Gasteiger charge is 2.10. The number of carbonyl (C=O) groups is 1. The molecule has 2 aromatic rings. The molecule has 0 aliphatic carbocycles. The predicted molar refractivity (Wildman–Crippen MR) is 74.8 cm³/mol. The van der Waals surface area contributed by atoms with Crippen molar-refractivity contribution in [3.63, 3.8) is 0 Å². The fourth-order valence-corrected chi connectivity index (χ4v) is 1.98. The van der Waals surface area contributed by atoms with Crippen LogP contribution in [0.3, 0.4) is 0 Å². The molecule has 0 aliphatic rings. The molecule has 0 saturated carbocycles. The van der Waals surface area contributed by atoms with E-state index in [1.165, 1.54) is 5.56 Å². The van der Waals surface area contributed by atoms with Gasteiger partial charge < -0.3 is 9.84 Å². The number of carboxylic acids is 1. The first-order valence-electron chi connectivity index (χ1n) is 6.16. The quantitative estimate of drug-likeness (QED) is 0.908. The van der Waals surface area contributed by atoms with Gasteiger partial charge in [-0.05, 0) is 35.7 Å². The van der Waals surface area contributed by atoms with Crippen molar-refractivity contribution in [2.75, 3.05) is 7.11 Å². The number of rotatable bonds is 4. The van der Waals surface area contributed by atoms with Crippen LogP contribution in [0.4, 0.5) is 0 Å². The molecule has 1 N–H and O–H groups in total. The van der Waals surface area contributed by atoms with Gasteiger partial charge in [0.25, 0.3) is 0 Å². The molecular formula is C16H16O3. The lowest BCUT2D eigenvalue weighted by Crippen LogP contribution is -1.98. The van der Waals surface area contributed by atoms with Crippen molar-refractivity contribution < 1.29 is 14.6 Å². The van der Waals surface area contributed by atoms with Crippen molar-refractivity contribution in [1.82, 2.24) is 0 Å². The van der Waals surface area contributed by atoms with Crippen LogP contribution in [0, 0.1) is 0 Å². The van der Waals surface area contributed by atoms with Crippen molar-refractivity contribution in [1.29, 1.82) is 0 Å². The lowest BCUT2D eigenvalue weighted by atomic mass is 10.0. The summed E-state index contributed by atoms with van der Waals surface area (Å²) in [5, 5.41) is 8.98. The van der Waals surface area contributed by atoms with E-state index in [1.54, 1.807) is 25.3 Å². The second-order valence-corrected chi connectivity index (χ2v) is 4.27. The third-order valence-electron chi connectivity index (χ3n) is 3.12. The number of benzene rings is 2. The Hall–Kier alpha value is -2.29. The largest absolute Gasteiger partial charge is 0.496 e. The first-order valence-corrected chi connectivity index (χ1v) is 6.16. The van der Waals surface area contributed by atoms with Gasteiger partial charge in [0.2, 0.25) is 0 Å². The van der Waals surface area contributed by atoms with Gasteiger partial charge in [0, 0.05) is 5.56 Å². The number of aryl methyl sites for hydroxylation is 1. The van der Waals surface area contributed by atoms with Crippen molar-refractivity contribution in [3.05, 3.63) is 53.6 Å². The number of carboxylic acid groups (broad SMARTS) is 1. The average Bonchev–Trinajstić information content (AvgIpc) is 2.46. The van der Waals surface area contributed by atoms with Crippen LogP contribution in [0.1, 0.15) is 22.8 Å². The molecule has 98 valence electrons. The van der Waals surface area contributed by atoms with Gasteiger partial charge in [0.1, 0.15) is 5.75 Å². The van der Waals surface area contributed by atoms with E-state index >= 15 is 0 Å². The van der Waals surface area contributed by atoms with Crippen LogP contribution in [0.15, 0.2) is 42.5 Å². The molecule has 19 heavy (non-hydrogen) atoms. The van der Waals surface area contributed by atoms with Crippen LogP contribution in [-0.4, -0.2) is 18.2 Å². The van der Waals surface area contributed by atoms with E-state index < -0.39 is 5.97 Å².